The molecule has 0 aromatic heterocycles. The molecule has 0 spiro atoms. The molecule has 0 aliphatic rings. The number of rotatable bonds is 4. The summed E-state index contributed by atoms with van der Waals surface area (Å²) in [6.45, 7) is 1.81. The van der Waals surface area contributed by atoms with Crippen LogP contribution < -0.4 is 0 Å². The van der Waals surface area contributed by atoms with Crippen LogP contribution in [-0.4, -0.2) is 29.3 Å². The van der Waals surface area contributed by atoms with Gasteiger partial charge in [-0.15, -0.1) is 23.2 Å². The molecule has 56 valence electrons. The van der Waals surface area contributed by atoms with Crippen molar-refractivity contribution in [3.8, 4) is 0 Å². The summed E-state index contributed by atoms with van der Waals surface area (Å²) in [4.78, 5) is 0. The molecule has 0 aromatic rings. The molecule has 2 nitrogen and oxygen atoms in total. The van der Waals surface area contributed by atoms with Crippen molar-refractivity contribution >= 4 is 23.2 Å². The second kappa shape index (κ2) is 4.34. The van der Waals surface area contributed by atoms with Crippen LogP contribution in [0.15, 0.2) is 0 Å². The van der Waals surface area contributed by atoms with Crippen LogP contribution in [-0.2, 0) is 4.74 Å². The van der Waals surface area contributed by atoms with Crippen molar-refractivity contribution in [1.82, 2.24) is 0 Å². The monoisotopic (exact) mass is 172 g/mol. The number of aliphatic hydroxyl groups is 1. The minimum atomic E-state index is -1.23. The summed E-state index contributed by atoms with van der Waals surface area (Å²) in [6.07, 6.45) is 0. The first-order chi connectivity index (χ1) is 4.12. The van der Waals surface area contributed by atoms with Gasteiger partial charge in [0.2, 0.25) is 0 Å². The zero-order valence-electron chi connectivity index (χ0n) is 5.23. The summed E-state index contributed by atoms with van der Waals surface area (Å²) in [6, 6.07) is 0. The molecule has 1 N–H and O–H groups in total. The van der Waals surface area contributed by atoms with E-state index in [0.29, 0.717) is 12.5 Å². The summed E-state index contributed by atoms with van der Waals surface area (Å²) in [7, 11) is 0. The van der Waals surface area contributed by atoms with Gasteiger partial charge in [-0.2, -0.15) is 0 Å². The highest BCUT2D eigenvalue weighted by Crippen LogP contribution is 2.06. The van der Waals surface area contributed by atoms with E-state index in [2.05, 4.69) is 0 Å². The van der Waals surface area contributed by atoms with Gasteiger partial charge in [-0.3, -0.25) is 0 Å². The maximum Gasteiger partial charge on any atom is 0.176 e. The average Bonchev–Trinajstić information content (AvgIpc) is 1.84. The molecule has 9 heavy (non-hydrogen) atoms. The van der Waals surface area contributed by atoms with Crippen molar-refractivity contribution in [2.45, 2.75) is 12.7 Å². The lowest BCUT2D eigenvalue weighted by Crippen LogP contribution is -2.30. The molecule has 0 rings (SSSR count). The fraction of sp³-hybridized carbons (Fsp3) is 1.00. The number of hydrogen-bond acceptors (Lipinski definition) is 2. The molecular formula is C5H10Cl2O2. The SMILES string of the molecule is CC(O)(CCl)OCCCl. The zero-order chi connectivity index (χ0) is 7.33. The second-order valence-electron chi connectivity index (χ2n) is 1.85. The van der Waals surface area contributed by atoms with Crippen LogP contribution in [0.5, 0.6) is 0 Å². The number of hydrogen-bond donors (Lipinski definition) is 1. The van der Waals surface area contributed by atoms with Gasteiger partial charge < -0.3 is 9.84 Å². The average molecular weight is 173 g/mol. The highest BCUT2D eigenvalue weighted by atomic mass is 35.5. The summed E-state index contributed by atoms with van der Waals surface area (Å²) >= 11 is 10.6. The van der Waals surface area contributed by atoms with Crippen molar-refractivity contribution in [3.05, 3.63) is 0 Å². The predicted octanol–water partition coefficient (Wildman–Crippen LogP) is 1.19. The Kier molecular flexibility index (Phi) is 4.58. The maximum atomic E-state index is 9.04. The maximum absolute atomic E-state index is 9.04. The minimum Gasteiger partial charge on any atom is -0.365 e. The topological polar surface area (TPSA) is 29.5 Å². The summed E-state index contributed by atoms with van der Waals surface area (Å²) in [5.41, 5.74) is 0. The predicted molar refractivity (Wildman–Crippen MR) is 38.0 cm³/mol. The molecule has 0 bridgehead atoms. The summed E-state index contributed by atoms with van der Waals surface area (Å²) < 4.78 is 4.82. The highest BCUT2D eigenvalue weighted by molar-refractivity contribution is 6.18. The third kappa shape index (κ3) is 4.97. The Morgan fingerprint density at radius 3 is 2.44 bits per heavy atom. The van der Waals surface area contributed by atoms with Crippen LogP contribution in [0.1, 0.15) is 6.92 Å². The van der Waals surface area contributed by atoms with Crippen LogP contribution in [0.3, 0.4) is 0 Å². The fourth-order valence-electron chi connectivity index (χ4n) is 0.297. The molecule has 1 atom stereocenters. The first-order valence-corrected chi connectivity index (χ1v) is 3.67. The minimum absolute atomic E-state index is 0.0594. The third-order valence-electron chi connectivity index (χ3n) is 0.738. The highest BCUT2D eigenvalue weighted by Gasteiger charge is 2.17. The Balaban J connectivity index is 3.33. The Morgan fingerprint density at radius 2 is 2.11 bits per heavy atom. The number of ether oxygens (including phenoxy) is 1. The van der Waals surface area contributed by atoms with Gasteiger partial charge in [0.25, 0.3) is 0 Å². The van der Waals surface area contributed by atoms with E-state index in [1.54, 1.807) is 0 Å². The number of alkyl halides is 2. The smallest absolute Gasteiger partial charge is 0.176 e. The van der Waals surface area contributed by atoms with E-state index in [9.17, 15) is 0 Å². The Morgan fingerprint density at radius 1 is 1.56 bits per heavy atom. The fourth-order valence-corrected chi connectivity index (χ4v) is 0.451. The van der Waals surface area contributed by atoms with Gasteiger partial charge in [0, 0.05) is 5.88 Å². The van der Waals surface area contributed by atoms with Crippen molar-refractivity contribution in [2.24, 2.45) is 0 Å². The normalized spacial score (nSPS) is 17.3. The molecule has 0 aliphatic heterocycles. The van der Waals surface area contributed by atoms with E-state index in [1.165, 1.54) is 6.92 Å². The van der Waals surface area contributed by atoms with Gasteiger partial charge in [-0.25, -0.2) is 0 Å². The summed E-state index contributed by atoms with van der Waals surface area (Å²) in [5.74, 6) is -0.798. The van der Waals surface area contributed by atoms with Gasteiger partial charge in [-0.05, 0) is 6.92 Å². The van der Waals surface area contributed by atoms with Crippen LogP contribution in [0.25, 0.3) is 0 Å². The first kappa shape index (κ1) is 9.50. The van der Waals surface area contributed by atoms with E-state index in [1.807, 2.05) is 0 Å². The lowest BCUT2D eigenvalue weighted by Gasteiger charge is -2.19. The van der Waals surface area contributed by atoms with E-state index in [0.717, 1.165) is 0 Å². The molecule has 0 radical (unpaired) electrons. The van der Waals surface area contributed by atoms with Crippen molar-refractivity contribution < 1.29 is 9.84 Å². The van der Waals surface area contributed by atoms with E-state index >= 15 is 0 Å². The molecule has 0 fully saturated rings. The molecule has 0 heterocycles. The zero-order valence-corrected chi connectivity index (χ0v) is 6.74. The molecule has 0 amide bonds. The first-order valence-electron chi connectivity index (χ1n) is 2.60. The van der Waals surface area contributed by atoms with Crippen LogP contribution in [0, 0.1) is 0 Å². The van der Waals surface area contributed by atoms with E-state index < -0.39 is 5.79 Å². The molecule has 1 unspecified atom stereocenters. The Labute approximate surface area is 64.7 Å². The lowest BCUT2D eigenvalue weighted by atomic mass is 10.4. The van der Waals surface area contributed by atoms with Crippen LogP contribution >= 0.6 is 23.2 Å². The second-order valence-corrected chi connectivity index (χ2v) is 2.49. The molecular weight excluding hydrogens is 163 g/mol. The Hall–Kier alpha value is 0.500. The van der Waals surface area contributed by atoms with Crippen LogP contribution in [0.2, 0.25) is 0 Å². The molecule has 0 aromatic carbocycles. The Bertz CT molecular complexity index is 75.4. The van der Waals surface area contributed by atoms with Crippen molar-refractivity contribution in [2.75, 3.05) is 18.4 Å². The molecule has 4 heteroatoms. The van der Waals surface area contributed by atoms with Gasteiger partial charge in [0.15, 0.2) is 5.79 Å². The van der Waals surface area contributed by atoms with E-state index in [-0.39, 0.29) is 5.88 Å². The molecule has 0 saturated heterocycles. The van der Waals surface area contributed by atoms with Crippen molar-refractivity contribution in [3.63, 3.8) is 0 Å². The molecule has 0 aliphatic carbocycles. The third-order valence-corrected chi connectivity index (χ3v) is 1.39. The van der Waals surface area contributed by atoms with Gasteiger partial charge in [0.05, 0.1) is 12.5 Å². The van der Waals surface area contributed by atoms with Gasteiger partial charge >= 0.3 is 0 Å². The standard InChI is InChI=1S/C5H10Cl2O2/c1-5(8,4-7)9-3-2-6/h8H,2-4H2,1H3. The molecule has 0 saturated carbocycles. The largest absolute Gasteiger partial charge is 0.365 e. The quantitative estimate of drug-likeness (QED) is 0.511. The summed E-state index contributed by atoms with van der Waals surface area (Å²) in [5, 5.41) is 9.04. The van der Waals surface area contributed by atoms with Crippen LogP contribution in [0.4, 0.5) is 0 Å². The van der Waals surface area contributed by atoms with Gasteiger partial charge in [0.1, 0.15) is 0 Å². The van der Waals surface area contributed by atoms with E-state index in [4.69, 9.17) is 33.0 Å². The number of halogens is 2. The van der Waals surface area contributed by atoms with Crippen molar-refractivity contribution in [1.29, 1.82) is 0 Å². The van der Waals surface area contributed by atoms with Gasteiger partial charge in [-0.1, -0.05) is 0 Å². The lowest BCUT2D eigenvalue weighted by molar-refractivity contribution is -0.168.